The minimum absolute atomic E-state index is 0.0379. The first-order valence-corrected chi connectivity index (χ1v) is 5.30. The van der Waals surface area contributed by atoms with Crippen LogP contribution in [0.4, 0.5) is 0 Å². The van der Waals surface area contributed by atoms with Gasteiger partial charge in [0.25, 0.3) is 5.91 Å². The lowest BCUT2D eigenvalue weighted by Gasteiger charge is -2.12. The van der Waals surface area contributed by atoms with Crippen molar-refractivity contribution in [2.45, 2.75) is 12.5 Å². The van der Waals surface area contributed by atoms with Gasteiger partial charge in [-0.1, -0.05) is 18.2 Å². The summed E-state index contributed by atoms with van der Waals surface area (Å²) in [7, 11) is 2.08. The van der Waals surface area contributed by atoms with E-state index < -0.39 is 0 Å². The quantitative estimate of drug-likeness (QED) is 0.783. The molecule has 15 heavy (non-hydrogen) atoms. The first kappa shape index (κ1) is 10.2. The Morgan fingerprint density at radius 3 is 2.73 bits per heavy atom. The maximum absolute atomic E-state index is 11.8. The number of nitrogens with zero attached hydrogens (tertiary/aromatic N) is 1. The maximum Gasteiger partial charge on any atom is 0.251 e. The number of benzene rings is 1. The van der Waals surface area contributed by atoms with Crippen molar-refractivity contribution in [2.24, 2.45) is 0 Å². The molecule has 1 N–H and O–H groups in total. The van der Waals surface area contributed by atoms with E-state index in [1.54, 1.807) is 0 Å². The molecule has 1 heterocycles. The molecule has 0 spiro atoms. The molecule has 3 heteroatoms. The molecular weight excluding hydrogens is 188 g/mol. The molecule has 1 saturated heterocycles. The highest BCUT2D eigenvalue weighted by molar-refractivity contribution is 5.94. The van der Waals surface area contributed by atoms with E-state index in [2.05, 4.69) is 17.3 Å². The molecule has 0 aliphatic carbocycles. The fraction of sp³-hybridized carbons (Fsp3) is 0.417. The van der Waals surface area contributed by atoms with Gasteiger partial charge >= 0.3 is 0 Å². The zero-order chi connectivity index (χ0) is 10.7. The monoisotopic (exact) mass is 204 g/mol. The summed E-state index contributed by atoms with van der Waals surface area (Å²) in [6, 6.07) is 9.68. The molecule has 3 nitrogen and oxygen atoms in total. The first-order chi connectivity index (χ1) is 7.25. The van der Waals surface area contributed by atoms with E-state index in [1.165, 1.54) is 0 Å². The molecule has 1 aliphatic heterocycles. The van der Waals surface area contributed by atoms with Crippen LogP contribution in [0.2, 0.25) is 0 Å². The van der Waals surface area contributed by atoms with E-state index in [0.29, 0.717) is 6.04 Å². The van der Waals surface area contributed by atoms with Gasteiger partial charge in [-0.05, 0) is 32.1 Å². The van der Waals surface area contributed by atoms with E-state index in [9.17, 15) is 4.79 Å². The summed E-state index contributed by atoms with van der Waals surface area (Å²) in [6.45, 7) is 2.03. The molecule has 1 fully saturated rings. The smallest absolute Gasteiger partial charge is 0.251 e. The van der Waals surface area contributed by atoms with Crippen molar-refractivity contribution >= 4 is 5.91 Å². The minimum Gasteiger partial charge on any atom is -0.348 e. The summed E-state index contributed by atoms with van der Waals surface area (Å²) >= 11 is 0. The van der Waals surface area contributed by atoms with Crippen LogP contribution in [-0.4, -0.2) is 37.0 Å². The Morgan fingerprint density at radius 2 is 2.13 bits per heavy atom. The van der Waals surface area contributed by atoms with E-state index in [4.69, 9.17) is 0 Å². The van der Waals surface area contributed by atoms with Crippen LogP contribution in [0.3, 0.4) is 0 Å². The van der Waals surface area contributed by atoms with Gasteiger partial charge in [-0.25, -0.2) is 0 Å². The average molecular weight is 204 g/mol. The summed E-state index contributed by atoms with van der Waals surface area (Å²) < 4.78 is 0. The van der Waals surface area contributed by atoms with Gasteiger partial charge in [0, 0.05) is 18.2 Å². The highest BCUT2D eigenvalue weighted by atomic mass is 16.1. The standard InChI is InChI=1S/C12H16N2O/c1-14-8-7-11(9-14)13-12(15)10-5-3-2-4-6-10/h2-6,11H,7-9H2,1H3,(H,13,15)/t11-/m1/s1. The zero-order valence-corrected chi connectivity index (χ0v) is 8.94. The van der Waals surface area contributed by atoms with Crippen molar-refractivity contribution in [3.05, 3.63) is 35.9 Å². The number of hydrogen-bond acceptors (Lipinski definition) is 2. The molecule has 1 aromatic rings. The minimum atomic E-state index is 0.0379. The number of likely N-dealkylation sites (tertiary alicyclic amines) is 1. The Balaban J connectivity index is 1.93. The van der Waals surface area contributed by atoms with Gasteiger partial charge in [0.05, 0.1) is 0 Å². The van der Waals surface area contributed by atoms with Crippen molar-refractivity contribution < 1.29 is 4.79 Å². The Labute approximate surface area is 90.1 Å². The molecular formula is C12H16N2O. The Kier molecular flexibility index (Phi) is 3.02. The number of carbonyl (C=O) groups excluding carboxylic acids is 1. The van der Waals surface area contributed by atoms with E-state index in [1.807, 2.05) is 30.3 Å². The van der Waals surface area contributed by atoms with Gasteiger partial charge in [-0.3, -0.25) is 4.79 Å². The van der Waals surface area contributed by atoms with Crippen LogP contribution in [0.15, 0.2) is 30.3 Å². The van der Waals surface area contributed by atoms with Crippen LogP contribution < -0.4 is 5.32 Å². The van der Waals surface area contributed by atoms with E-state index in [0.717, 1.165) is 25.1 Å². The van der Waals surface area contributed by atoms with Crippen molar-refractivity contribution in [1.82, 2.24) is 10.2 Å². The summed E-state index contributed by atoms with van der Waals surface area (Å²) in [5.41, 5.74) is 0.743. The Bertz CT molecular complexity index is 337. The van der Waals surface area contributed by atoms with Crippen molar-refractivity contribution in [2.75, 3.05) is 20.1 Å². The Morgan fingerprint density at radius 1 is 1.40 bits per heavy atom. The molecule has 1 amide bonds. The Hall–Kier alpha value is -1.35. The van der Waals surface area contributed by atoms with Gasteiger partial charge in [0.15, 0.2) is 0 Å². The molecule has 0 bridgehead atoms. The molecule has 1 aromatic carbocycles. The number of amides is 1. The highest BCUT2D eigenvalue weighted by Gasteiger charge is 2.21. The van der Waals surface area contributed by atoms with Crippen molar-refractivity contribution in [1.29, 1.82) is 0 Å². The third kappa shape index (κ3) is 2.57. The second kappa shape index (κ2) is 4.45. The molecule has 0 saturated carbocycles. The normalized spacial score (nSPS) is 21.5. The fourth-order valence-corrected chi connectivity index (χ4v) is 1.91. The van der Waals surface area contributed by atoms with Gasteiger partial charge in [-0.15, -0.1) is 0 Å². The molecule has 1 aliphatic rings. The van der Waals surface area contributed by atoms with Crippen LogP contribution in [0.25, 0.3) is 0 Å². The van der Waals surface area contributed by atoms with Gasteiger partial charge in [0.1, 0.15) is 0 Å². The first-order valence-electron chi connectivity index (χ1n) is 5.30. The summed E-state index contributed by atoms with van der Waals surface area (Å²) in [5, 5.41) is 3.04. The number of carbonyl (C=O) groups is 1. The van der Waals surface area contributed by atoms with Gasteiger partial charge in [-0.2, -0.15) is 0 Å². The molecule has 0 aromatic heterocycles. The summed E-state index contributed by atoms with van der Waals surface area (Å²) in [5.74, 6) is 0.0379. The van der Waals surface area contributed by atoms with E-state index >= 15 is 0 Å². The van der Waals surface area contributed by atoms with Gasteiger partial charge < -0.3 is 10.2 Å². The number of hydrogen-bond donors (Lipinski definition) is 1. The lowest BCUT2D eigenvalue weighted by Crippen LogP contribution is -2.36. The summed E-state index contributed by atoms with van der Waals surface area (Å²) in [6.07, 6.45) is 1.05. The summed E-state index contributed by atoms with van der Waals surface area (Å²) in [4.78, 5) is 14.0. The van der Waals surface area contributed by atoms with Crippen LogP contribution >= 0.6 is 0 Å². The van der Waals surface area contributed by atoms with Crippen LogP contribution in [-0.2, 0) is 0 Å². The number of likely N-dealkylation sites (N-methyl/N-ethyl adjacent to an activating group) is 1. The van der Waals surface area contributed by atoms with Crippen molar-refractivity contribution in [3.8, 4) is 0 Å². The third-order valence-corrected chi connectivity index (χ3v) is 2.76. The third-order valence-electron chi connectivity index (χ3n) is 2.76. The average Bonchev–Trinajstić information content (AvgIpc) is 2.65. The fourth-order valence-electron chi connectivity index (χ4n) is 1.91. The lowest BCUT2D eigenvalue weighted by molar-refractivity contribution is 0.0938. The van der Waals surface area contributed by atoms with E-state index in [-0.39, 0.29) is 5.91 Å². The predicted octanol–water partition coefficient (Wildman–Crippen LogP) is 1.12. The molecule has 0 radical (unpaired) electrons. The SMILES string of the molecule is CN1CC[C@@H](NC(=O)c2ccccc2)C1. The number of nitrogens with one attached hydrogen (secondary N) is 1. The van der Waals surface area contributed by atoms with Crippen LogP contribution in [0.1, 0.15) is 16.8 Å². The molecule has 80 valence electrons. The molecule has 0 unspecified atom stereocenters. The second-order valence-corrected chi connectivity index (χ2v) is 4.09. The molecule has 2 rings (SSSR count). The second-order valence-electron chi connectivity index (χ2n) is 4.09. The predicted molar refractivity (Wildman–Crippen MR) is 59.8 cm³/mol. The largest absolute Gasteiger partial charge is 0.348 e. The lowest BCUT2D eigenvalue weighted by atomic mass is 10.2. The number of rotatable bonds is 2. The van der Waals surface area contributed by atoms with Crippen LogP contribution in [0, 0.1) is 0 Å². The highest BCUT2D eigenvalue weighted by Crippen LogP contribution is 2.07. The van der Waals surface area contributed by atoms with Gasteiger partial charge in [0.2, 0.25) is 0 Å². The zero-order valence-electron chi connectivity index (χ0n) is 8.94. The topological polar surface area (TPSA) is 32.3 Å². The van der Waals surface area contributed by atoms with Crippen molar-refractivity contribution in [3.63, 3.8) is 0 Å². The van der Waals surface area contributed by atoms with Crippen LogP contribution in [0.5, 0.6) is 0 Å². The maximum atomic E-state index is 11.8. The molecule has 1 atom stereocenters.